The van der Waals surface area contributed by atoms with Crippen LogP contribution >= 0.6 is 24.0 Å². The second kappa shape index (κ2) is 15.3. The van der Waals surface area contributed by atoms with Gasteiger partial charge in [-0.3, -0.25) is 4.79 Å². The molecule has 1 aromatic carbocycles. The van der Waals surface area contributed by atoms with E-state index in [4.69, 9.17) is 19.2 Å². The lowest BCUT2D eigenvalue weighted by atomic mass is 10.2. The van der Waals surface area contributed by atoms with Gasteiger partial charge in [0.2, 0.25) is 0 Å². The number of carbonyl (C=O) groups is 1. The number of carbonyl (C=O) groups excluding carboxylic acids is 1. The lowest BCUT2D eigenvalue weighted by Gasteiger charge is -2.19. The first-order valence-electron chi connectivity index (χ1n) is 10.6. The normalized spacial score (nSPS) is 18.3. The number of methoxy groups -OCH3 is 1. The number of guanidine groups is 1. The molecule has 1 aliphatic rings. The van der Waals surface area contributed by atoms with Crippen LogP contribution < -0.4 is 15.4 Å². The van der Waals surface area contributed by atoms with Crippen molar-refractivity contribution in [2.45, 2.75) is 44.9 Å². The van der Waals surface area contributed by atoms with Crippen LogP contribution in [0.3, 0.4) is 0 Å². The molecule has 2 unspecified atom stereocenters. The number of hydrogen-bond donors (Lipinski definition) is 2. The zero-order chi connectivity index (χ0) is 21.8. The molecule has 0 spiro atoms. The third-order valence-electron chi connectivity index (χ3n) is 4.86. The summed E-state index contributed by atoms with van der Waals surface area (Å²) in [6.07, 6.45) is 2.16. The van der Waals surface area contributed by atoms with Crippen LogP contribution in [0.4, 0.5) is 0 Å². The summed E-state index contributed by atoms with van der Waals surface area (Å²) in [5.74, 6) is 1.59. The summed E-state index contributed by atoms with van der Waals surface area (Å²) in [7, 11) is 5.17. The van der Waals surface area contributed by atoms with E-state index in [0.29, 0.717) is 13.1 Å². The Morgan fingerprint density at radius 2 is 1.97 bits per heavy atom. The van der Waals surface area contributed by atoms with E-state index in [1.54, 1.807) is 26.1 Å². The van der Waals surface area contributed by atoms with Crippen LogP contribution in [-0.2, 0) is 20.8 Å². The van der Waals surface area contributed by atoms with Crippen LogP contribution in [0.1, 0.15) is 31.7 Å². The van der Waals surface area contributed by atoms with Gasteiger partial charge in [0.1, 0.15) is 11.9 Å². The number of amides is 1. The maximum Gasteiger partial charge on any atom is 0.251 e. The number of benzene rings is 1. The molecule has 1 fully saturated rings. The van der Waals surface area contributed by atoms with Crippen LogP contribution in [0.5, 0.6) is 5.75 Å². The second-order valence-electron chi connectivity index (χ2n) is 7.43. The lowest BCUT2D eigenvalue weighted by Crippen LogP contribution is -2.42. The Kier molecular flexibility index (Phi) is 13.5. The van der Waals surface area contributed by atoms with Gasteiger partial charge in [-0.15, -0.1) is 24.0 Å². The third kappa shape index (κ3) is 10.0. The van der Waals surface area contributed by atoms with Gasteiger partial charge in [0.05, 0.1) is 19.8 Å². The van der Waals surface area contributed by atoms with Gasteiger partial charge in [0, 0.05) is 40.4 Å². The van der Waals surface area contributed by atoms with Gasteiger partial charge in [-0.05, 0) is 43.9 Å². The summed E-state index contributed by atoms with van der Waals surface area (Å²) in [5, 5.41) is 6.71. The second-order valence-corrected chi connectivity index (χ2v) is 7.43. The van der Waals surface area contributed by atoms with E-state index in [1.807, 2.05) is 31.2 Å². The Labute approximate surface area is 203 Å². The molecule has 2 N–H and O–H groups in total. The molecule has 1 saturated heterocycles. The Bertz CT molecular complexity index is 670. The third-order valence-corrected chi connectivity index (χ3v) is 4.86. The van der Waals surface area contributed by atoms with Gasteiger partial charge in [0.25, 0.3) is 5.91 Å². The summed E-state index contributed by atoms with van der Waals surface area (Å²) < 4.78 is 16.5. The van der Waals surface area contributed by atoms with Gasteiger partial charge in [0.15, 0.2) is 5.96 Å². The Hall–Kier alpha value is -1.59. The van der Waals surface area contributed by atoms with Crippen LogP contribution in [0.2, 0.25) is 0 Å². The van der Waals surface area contributed by atoms with Gasteiger partial charge >= 0.3 is 0 Å². The molecule has 1 aliphatic heterocycles. The van der Waals surface area contributed by atoms with E-state index in [2.05, 4.69) is 10.6 Å². The van der Waals surface area contributed by atoms with E-state index in [-0.39, 0.29) is 42.1 Å². The Balaban J connectivity index is 0.00000480. The van der Waals surface area contributed by atoms with Gasteiger partial charge in [-0.1, -0.05) is 12.1 Å². The lowest BCUT2D eigenvalue weighted by molar-refractivity contribution is -0.140. The molecule has 1 amide bonds. The SMILES string of the molecule is CCOCCCNC(=NCc1ccc(OC)cc1)NCC1CCC(C(=O)N(C)C)O1.I. The van der Waals surface area contributed by atoms with Gasteiger partial charge < -0.3 is 29.7 Å². The van der Waals surface area contributed by atoms with Gasteiger partial charge in [-0.25, -0.2) is 4.99 Å². The largest absolute Gasteiger partial charge is 0.497 e. The van der Waals surface area contributed by atoms with E-state index in [0.717, 1.165) is 56.3 Å². The standard InChI is InChI=1S/C22H36N4O4.HI/c1-5-29-14-6-13-23-22(24-15-17-7-9-18(28-4)10-8-17)25-16-19-11-12-20(30-19)21(27)26(2)3;/h7-10,19-20H,5-6,11-16H2,1-4H3,(H2,23,24,25);1H. The number of ether oxygens (including phenoxy) is 3. The minimum absolute atomic E-state index is 0. The minimum atomic E-state index is -0.342. The number of aliphatic imine (C=N–C) groups is 1. The molecule has 0 saturated carbocycles. The number of nitrogens with zero attached hydrogens (tertiary/aromatic N) is 2. The summed E-state index contributed by atoms with van der Waals surface area (Å²) >= 11 is 0. The van der Waals surface area contributed by atoms with Crippen molar-refractivity contribution in [2.24, 2.45) is 4.99 Å². The highest BCUT2D eigenvalue weighted by molar-refractivity contribution is 14.0. The number of likely N-dealkylation sites (N-methyl/N-ethyl adjacent to an activating group) is 1. The highest BCUT2D eigenvalue weighted by atomic mass is 127. The predicted octanol–water partition coefficient (Wildman–Crippen LogP) is 2.41. The zero-order valence-electron chi connectivity index (χ0n) is 19.1. The highest BCUT2D eigenvalue weighted by Crippen LogP contribution is 2.20. The molecule has 0 aliphatic carbocycles. The molecule has 1 aromatic rings. The molecule has 31 heavy (non-hydrogen) atoms. The predicted molar refractivity (Wildman–Crippen MR) is 133 cm³/mol. The van der Waals surface area contributed by atoms with Crippen LogP contribution in [0, 0.1) is 0 Å². The quantitative estimate of drug-likeness (QED) is 0.191. The molecule has 176 valence electrons. The average molecular weight is 548 g/mol. The monoisotopic (exact) mass is 548 g/mol. The topological polar surface area (TPSA) is 84.4 Å². The molecule has 0 bridgehead atoms. The first-order valence-corrected chi connectivity index (χ1v) is 10.6. The molecule has 0 aromatic heterocycles. The van der Waals surface area contributed by atoms with E-state index >= 15 is 0 Å². The molecule has 8 nitrogen and oxygen atoms in total. The molecular weight excluding hydrogens is 511 g/mol. The van der Waals surface area contributed by atoms with Crippen LogP contribution in [0.25, 0.3) is 0 Å². The molecule has 2 rings (SSSR count). The number of rotatable bonds is 11. The van der Waals surface area contributed by atoms with Crippen molar-refractivity contribution in [1.29, 1.82) is 0 Å². The smallest absolute Gasteiger partial charge is 0.251 e. The molecule has 2 atom stereocenters. The van der Waals surface area contributed by atoms with Crippen molar-refractivity contribution in [3.8, 4) is 5.75 Å². The van der Waals surface area contributed by atoms with E-state index in [1.165, 1.54) is 0 Å². The molecule has 0 radical (unpaired) electrons. The van der Waals surface area contributed by atoms with Crippen LogP contribution in [0.15, 0.2) is 29.3 Å². The maximum absolute atomic E-state index is 12.1. The average Bonchev–Trinajstić information content (AvgIpc) is 3.23. The Morgan fingerprint density at radius 1 is 1.23 bits per heavy atom. The van der Waals surface area contributed by atoms with Crippen LogP contribution in [-0.4, -0.2) is 76.5 Å². The first kappa shape index (κ1) is 27.4. The Morgan fingerprint density at radius 3 is 2.61 bits per heavy atom. The number of nitrogens with one attached hydrogen (secondary N) is 2. The fraction of sp³-hybridized carbons (Fsp3) is 0.636. The zero-order valence-corrected chi connectivity index (χ0v) is 21.4. The van der Waals surface area contributed by atoms with Crippen molar-refractivity contribution >= 4 is 35.8 Å². The van der Waals surface area contributed by atoms with E-state index < -0.39 is 0 Å². The van der Waals surface area contributed by atoms with Crippen molar-refractivity contribution in [3.63, 3.8) is 0 Å². The van der Waals surface area contributed by atoms with Crippen molar-refractivity contribution in [2.75, 3.05) is 47.5 Å². The fourth-order valence-corrected chi connectivity index (χ4v) is 3.14. The van der Waals surface area contributed by atoms with Crippen molar-refractivity contribution in [3.05, 3.63) is 29.8 Å². The molecular formula is C22H37IN4O4. The fourth-order valence-electron chi connectivity index (χ4n) is 3.14. The number of halogens is 1. The van der Waals surface area contributed by atoms with Gasteiger partial charge in [-0.2, -0.15) is 0 Å². The minimum Gasteiger partial charge on any atom is -0.497 e. The summed E-state index contributed by atoms with van der Waals surface area (Å²) in [6.45, 7) is 5.36. The van der Waals surface area contributed by atoms with Crippen molar-refractivity contribution < 1.29 is 19.0 Å². The van der Waals surface area contributed by atoms with E-state index in [9.17, 15) is 4.79 Å². The summed E-state index contributed by atoms with van der Waals surface area (Å²) in [5.41, 5.74) is 1.10. The number of hydrogen-bond acceptors (Lipinski definition) is 5. The van der Waals surface area contributed by atoms with Crippen molar-refractivity contribution in [1.82, 2.24) is 15.5 Å². The summed E-state index contributed by atoms with van der Waals surface area (Å²) in [6, 6.07) is 7.88. The highest BCUT2D eigenvalue weighted by Gasteiger charge is 2.31. The maximum atomic E-state index is 12.1. The molecule has 1 heterocycles. The summed E-state index contributed by atoms with van der Waals surface area (Å²) in [4.78, 5) is 18.4. The first-order chi connectivity index (χ1) is 14.5. The molecule has 9 heteroatoms.